The maximum Gasteiger partial charge on any atom is 0.0831 e. The van der Waals surface area contributed by atoms with Crippen molar-refractivity contribution in [3.8, 4) is 0 Å². The molecule has 0 fully saturated rings. The second-order valence-electron chi connectivity index (χ2n) is 4.66. The molecule has 0 heterocycles. The van der Waals surface area contributed by atoms with E-state index in [0.29, 0.717) is 12.3 Å². The van der Waals surface area contributed by atoms with Crippen molar-refractivity contribution < 1.29 is 5.11 Å². The molecule has 2 atom stereocenters. The van der Waals surface area contributed by atoms with Crippen LogP contribution in [0.2, 0.25) is 0 Å². The summed E-state index contributed by atoms with van der Waals surface area (Å²) in [6.45, 7) is 13.3. The van der Waals surface area contributed by atoms with Crippen molar-refractivity contribution in [2.45, 2.75) is 39.2 Å². The molecule has 0 rings (SSSR count). The van der Waals surface area contributed by atoms with Crippen LogP contribution in [0.1, 0.15) is 33.6 Å². The van der Waals surface area contributed by atoms with Gasteiger partial charge in [-0.1, -0.05) is 49.5 Å². The Labute approximate surface area is 99.9 Å². The van der Waals surface area contributed by atoms with E-state index in [-0.39, 0.29) is 0 Å². The molecule has 0 aromatic rings. The minimum Gasteiger partial charge on any atom is -0.386 e. The molecule has 2 unspecified atom stereocenters. The van der Waals surface area contributed by atoms with Gasteiger partial charge in [-0.15, -0.1) is 6.58 Å². The summed E-state index contributed by atoms with van der Waals surface area (Å²) in [5, 5.41) is 9.69. The first-order chi connectivity index (χ1) is 7.37. The highest BCUT2D eigenvalue weighted by Gasteiger charge is 2.11. The lowest BCUT2D eigenvalue weighted by molar-refractivity contribution is 0.115. The summed E-state index contributed by atoms with van der Waals surface area (Å²) in [7, 11) is 0. The van der Waals surface area contributed by atoms with E-state index in [9.17, 15) is 5.11 Å². The standard InChI is InChI=1S/C15H24O/c1-6-15(5,16)12-8-11-14(4)10-7-9-13(2)3/h6-9,11,14,16H,1-2,10,12H2,3-5H3. The Morgan fingerprint density at radius 3 is 2.56 bits per heavy atom. The third-order valence-corrected chi connectivity index (χ3v) is 2.35. The van der Waals surface area contributed by atoms with Gasteiger partial charge in [-0.05, 0) is 32.6 Å². The minimum absolute atomic E-state index is 0.483. The van der Waals surface area contributed by atoms with Crippen LogP contribution in [0.15, 0.2) is 49.1 Å². The summed E-state index contributed by atoms with van der Waals surface area (Å²) in [6.07, 6.45) is 11.5. The second kappa shape index (κ2) is 7.24. The zero-order valence-corrected chi connectivity index (χ0v) is 10.7. The predicted octanol–water partition coefficient (Wildman–Crippen LogP) is 4.03. The highest BCUT2D eigenvalue weighted by molar-refractivity contribution is 5.11. The largest absolute Gasteiger partial charge is 0.386 e. The highest BCUT2D eigenvalue weighted by Crippen LogP contribution is 2.13. The van der Waals surface area contributed by atoms with Gasteiger partial charge < -0.3 is 5.11 Å². The fourth-order valence-electron chi connectivity index (χ4n) is 1.18. The van der Waals surface area contributed by atoms with Gasteiger partial charge in [0.05, 0.1) is 5.60 Å². The van der Waals surface area contributed by atoms with Gasteiger partial charge in [-0.3, -0.25) is 0 Å². The van der Waals surface area contributed by atoms with E-state index in [4.69, 9.17) is 0 Å². The maximum absolute atomic E-state index is 9.69. The van der Waals surface area contributed by atoms with Crippen molar-refractivity contribution in [2.75, 3.05) is 0 Å². The van der Waals surface area contributed by atoms with Gasteiger partial charge >= 0.3 is 0 Å². The molecule has 0 aromatic carbocycles. The number of allylic oxidation sites excluding steroid dienone is 4. The third kappa shape index (κ3) is 8.25. The van der Waals surface area contributed by atoms with Crippen LogP contribution >= 0.6 is 0 Å². The van der Waals surface area contributed by atoms with E-state index in [1.165, 1.54) is 0 Å². The molecule has 90 valence electrons. The fourth-order valence-corrected chi connectivity index (χ4v) is 1.18. The van der Waals surface area contributed by atoms with E-state index in [2.05, 4.69) is 32.2 Å². The van der Waals surface area contributed by atoms with E-state index in [0.717, 1.165) is 12.0 Å². The predicted molar refractivity (Wildman–Crippen MR) is 72.3 cm³/mol. The normalized spacial score (nSPS) is 17.5. The zero-order valence-electron chi connectivity index (χ0n) is 10.7. The quantitative estimate of drug-likeness (QED) is 0.507. The van der Waals surface area contributed by atoms with Crippen molar-refractivity contribution >= 4 is 0 Å². The van der Waals surface area contributed by atoms with Crippen molar-refractivity contribution in [1.82, 2.24) is 0 Å². The van der Waals surface area contributed by atoms with E-state index < -0.39 is 5.60 Å². The van der Waals surface area contributed by atoms with E-state index in [1.54, 1.807) is 13.0 Å². The minimum atomic E-state index is -0.788. The lowest BCUT2D eigenvalue weighted by atomic mass is 10.00. The molecule has 1 heteroatoms. The lowest BCUT2D eigenvalue weighted by Gasteiger charge is -2.15. The second-order valence-corrected chi connectivity index (χ2v) is 4.66. The average molecular weight is 220 g/mol. The molecular weight excluding hydrogens is 196 g/mol. The fraction of sp³-hybridized carbons (Fsp3) is 0.467. The first-order valence-corrected chi connectivity index (χ1v) is 5.72. The topological polar surface area (TPSA) is 20.2 Å². The van der Waals surface area contributed by atoms with Crippen LogP contribution in [0.3, 0.4) is 0 Å². The molecule has 0 aliphatic carbocycles. The summed E-state index contributed by atoms with van der Waals surface area (Å²) in [4.78, 5) is 0. The average Bonchev–Trinajstić information content (AvgIpc) is 2.17. The molecule has 0 aromatic heterocycles. The number of aliphatic hydroxyl groups is 1. The molecule has 0 radical (unpaired) electrons. The van der Waals surface area contributed by atoms with Crippen LogP contribution in [0.25, 0.3) is 0 Å². The number of hydrogen-bond acceptors (Lipinski definition) is 1. The molecule has 1 N–H and O–H groups in total. The van der Waals surface area contributed by atoms with Gasteiger partial charge in [0, 0.05) is 0 Å². The highest BCUT2D eigenvalue weighted by atomic mass is 16.3. The molecule has 0 spiro atoms. The Hall–Kier alpha value is -1.08. The Morgan fingerprint density at radius 2 is 2.06 bits per heavy atom. The van der Waals surface area contributed by atoms with Gasteiger partial charge in [0.15, 0.2) is 0 Å². The van der Waals surface area contributed by atoms with Crippen LogP contribution in [0, 0.1) is 5.92 Å². The third-order valence-electron chi connectivity index (χ3n) is 2.35. The summed E-state index contributed by atoms with van der Waals surface area (Å²) in [5.41, 5.74) is 0.287. The Balaban J connectivity index is 3.96. The summed E-state index contributed by atoms with van der Waals surface area (Å²) in [5.74, 6) is 0.483. The van der Waals surface area contributed by atoms with Crippen molar-refractivity contribution in [3.63, 3.8) is 0 Å². The van der Waals surface area contributed by atoms with Gasteiger partial charge in [0.2, 0.25) is 0 Å². The molecule has 0 bridgehead atoms. The molecule has 0 amide bonds. The number of rotatable bonds is 7. The number of hydrogen-bond donors (Lipinski definition) is 1. The molecule has 16 heavy (non-hydrogen) atoms. The zero-order chi connectivity index (χ0) is 12.6. The smallest absolute Gasteiger partial charge is 0.0831 e. The van der Waals surface area contributed by atoms with E-state index in [1.807, 2.05) is 19.1 Å². The summed E-state index contributed by atoms with van der Waals surface area (Å²) in [6, 6.07) is 0. The van der Waals surface area contributed by atoms with Gasteiger partial charge in [0.25, 0.3) is 0 Å². The lowest BCUT2D eigenvalue weighted by Crippen LogP contribution is -2.18. The van der Waals surface area contributed by atoms with E-state index >= 15 is 0 Å². The Bertz CT molecular complexity index is 282. The molecule has 1 nitrogen and oxygen atoms in total. The van der Waals surface area contributed by atoms with Gasteiger partial charge in [0.1, 0.15) is 0 Å². The van der Waals surface area contributed by atoms with Crippen LogP contribution in [0.5, 0.6) is 0 Å². The van der Waals surface area contributed by atoms with Crippen molar-refractivity contribution in [3.05, 3.63) is 49.1 Å². The van der Waals surface area contributed by atoms with Gasteiger partial charge in [-0.2, -0.15) is 0 Å². The van der Waals surface area contributed by atoms with Crippen LogP contribution in [-0.4, -0.2) is 10.7 Å². The monoisotopic (exact) mass is 220 g/mol. The van der Waals surface area contributed by atoms with Crippen LogP contribution in [-0.2, 0) is 0 Å². The maximum atomic E-state index is 9.69. The van der Waals surface area contributed by atoms with Crippen molar-refractivity contribution in [1.29, 1.82) is 0 Å². The van der Waals surface area contributed by atoms with Gasteiger partial charge in [-0.25, -0.2) is 0 Å². The Kier molecular flexibility index (Phi) is 6.75. The molecule has 0 saturated carbocycles. The molecule has 0 aliphatic rings. The summed E-state index contributed by atoms with van der Waals surface area (Å²) >= 11 is 0. The van der Waals surface area contributed by atoms with Crippen LogP contribution in [0.4, 0.5) is 0 Å². The summed E-state index contributed by atoms with van der Waals surface area (Å²) < 4.78 is 0. The van der Waals surface area contributed by atoms with Crippen molar-refractivity contribution in [2.24, 2.45) is 5.92 Å². The van der Waals surface area contributed by atoms with Crippen LogP contribution < -0.4 is 0 Å². The molecular formula is C15H24O. The molecule has 0 aliphatic heterocycles. The first kappa shape index (κ1) is 14.9. The SMILES string of the molecule is C=CC(C)(O)CC=CC(C)CC=CC(=C)C. The first-order valence-electron chi connectivity index (χ1n) is 5.72. The Morgan fingerprint density at radius 1 is 1.44 bits per heavy atom. The molecule has 0 saturated heterocycles.